The quantitative estimate of drug-likeness (QED) is 0.222. The molecule has 0 aliphatic carbocycles. The predicted octanol–water partition coefficient (Wildman–Crippen LogP) is 4.91. The highest BCUT2D eigenvalue weighted by atomic mass is 32.2. The van der Waals surface area contributed by atoms with Crippen molar-refractivity contribution in [2.45, 2.75) is 75.2 Å². The van der Waals surface area contributed by atoms with Crippen LogP contribution >= 0.6 is 11.8 Å². The van der Waals surface area contributed by atoms with Crippen LogP contribution in [-0.2, 0) is 21.1 Å². The van der Waals surface area contributed by atoms with E-state index in [-0.39, 0.29) is 50.0 Å². The fourth-order valence-corrected chi connectivity index (χ4v) is 10.8. The van der Waals surface area contributed by atoms with Crippen molar-refractivity contribution < 1.29 is 24.2 Å². The monoisotopic (exact) mass is 700 g/mol. The number of rotatable bonds is 15. The number of para-hydroxylation sites is 1. The number of carbonyl (C=O) groups excluding carboxylic acids is 3. The van der Waals surface area contributed by atoms with Crippen LogP contribution < -0.4 is 9.64 Å². The van der Waals surface area contributed by atoms with Crippen LogP contribution in [-0.4, -0.2) is 95.5 Å². The molecule has 1 aromatic heterocycles. The first-order valence-corrected chi connectivity index (χ1v) is 18.3. The summed E-state index contributed by atoms with van der Waals surface area (Å²) < 4.78 is 5.87. The summed E-state index contributed by atoms with van der Waals surface area (Å²) in [6.45, 7) is 16.7. The van der Waals surface area contributed by atoms with Gasteiger partial charge in [-0.25, -0.2) is 4.68 Å². The zero-order valence-electron chi connectivity index (χ0n) is 29.4. The summed E-state index contributed by atoms with van der Waals surface area (Å²) in [7, 11) is 0. The number of hydrogen-bond acceptors (Lipinski definition) is 8. The van der Waals surface area contributed by atoms with E-state index < -0.39 is 33.4 Å². The summed E-state index contributed by atoms with van der Waals surface area (Å²) in [6, 6.07) is 13.4. The van der Waals surface area contributed by atoms with Crippen molar-refractivity contribution in [1.29, 1.82) is 0 Å². The molecule has 3 aromatic rings. The molecule has 1 N–H and O–H groups in total. The summed E-state index contributed by atoms with van der Waals surface area (Å²) in [5, 5.41) is 19.4. The van der Waals surface area contributed by atoms with E-state index in [4.69, 9.17) is 4.74 Å². The second kappa shape index (κ2) is 14.2. The summed E-state index contributed by atoms with van der Waals surface area (Å²) in [4.78, 5) is 50.0. The van der Waals surface area contributed by atoms with Gasteiger partial charge in [0.15, 0.2) is 0 Å². The van der Waals surface area contributed by atoms with Crippen LogP contribution in [0.5, 0.6) is 5.75 Å². The molecule has 50 heavy (non-hydrogen) atoms. The van der Waals surface area contributed by atoms with Crippen LogP contribution in [0.3, 0.4) is 0 Å². The first-order valence-electron chi connectivity index (χ1n) is 17.5. The van der Waals surface area contributed by atoms with E-state index in [9.17, 15) is 9.90 Å². The van der Waals surface area contributed by atoms with Crippen molar-refractivity contribution >= 4 is 46.2 Å². The highest BCUT2D eigenvalue weighted by Crippen LogP contribution is 2.72. The first-order chi connectivity index (χ1) is 24.0. The zero-order chi connectivity index (χ0) is 35.8. The second-order valence-corrected chi connectivity index (χ2v) is 16.1. The Bertz CT molecular complexity index is 1760. The van der Waals surface area contributed by atoms with Crippen LogP contribution in [0.25, 0.3) is 11.0 Å². The number of carbonyl (C=O) groups is 3. The molecule has 3 saturated heterocycles. The Hall–Kier alpha value is -4.16. The van der Waals surface area contributed by atoms with Gasteiger partial charge >= 0.3 is 0 Å². The molecule has 11 nitrogen and oxygen atoms in total. The second-order valence-electron chi connectivity index (χ2n) is 14.2. The molecule has 1 spiro atoms. The number of aromatic nitrogens is 3. The smallest absolute Gasteiger partial charge is 0.248 e. The number of benzene rings is 2. The van der Waals surface area contributed by atoms with Gasteiger partial charge in [-0.2, -0.15) is 0 Å². The van der Waals surface area contributed by atoms with Gasteiger partial charge in [-0.05, 0) is 75.4 Å². The lowest BCUT2D eigenvalue weighted by Crippen LogP contribution is -2.57. The van der Waals surface area contributed by atoms with Crippen LogP contribution in [0, 0.1) is 17.8 Å². The van der Waals surface area contributed by atoms with Crippen LogP contribution in [0.1, 0.15) is 47.0 Å². The number of hydrogen-bond donors (Lipinski definition) is 1. The normalized spacial score (nSPS) is 25.9. The van der Waals surface area contributed by atoms with Gasteiger partial charge in [0.05, 0.1) is 41.4 Å². The Balaban J connectivity index is 1.42. The predicted molar refractivity (Wildman–Crippen MR) is 196 cm³/mol. The molecule has 2 aromatic carbocycles. The van der Waals surface area contributed by atoms with Gasteiger partial charge in [0.2, 0.25) is 17.7 Å². The molecule has 12 heteroatoms. The van der Waals surface area contributed by atoms with Gasteiger partial charge in [-0.3, -0.25) is 14.4 Å². The average molecular weight is 701 g/mol. The maximum Gasteiger partial charge on any atom is 0.248 e. The number of anilines is 1. The number of aliphatic hydroxyl groups is 1. The van der Waals surface area contributed by atoms with E-state index in [1.165, 1.54) is 0 Å². The maximum atomic E-state index is 15.1. The Labute approximate surface area is 298 Å². The fourth-order valence-electron chi connectivity index (χ4n) is 8.47. The molecule has 3 amide bonds. The zero-order valence-corrected chi connectivity index (χ0v) is 30.2. The Morgan fingerprint density at radius 3 is 2.48 bits per heavy atom. The van der Waals surface area contributed by atoms with Gasteiger partial charge < -0.3 is 24.5 Å². The standard InChI is InChI=1S/C38H48N6O5S/c1-7-20-41(24-43-30-13-11-10-12-29(30)39-40-43)36(48)33-38-19-18-37(6,50-38)31(32(38)35(47)44(33)27(23-45)22-25(4)5)34(46)42(21-8-2)26-14-16-28(17-15-26)49-9-3/h7-8,10-17,25,27,31-33,45H,1-2,9,18-24H2,3-6H3/t27-,31+,32+,33?,37-,38?/m1/s1. The lowest BCUT2D eigenvalue weighted by atomic mass is 9.66. The van der Waals surface area contributed by atoms with E-state index in [1.807, 2.05) is 69.3 Å². The summed E-state index contributed by atoms with van der Waals surface area (Å²) in [6.07, 6.45) is 5.14. The Morgan fingerprint density at radius 1 is 1.10 bits per heavy atom. The number of fused-ring (bicyclic) bond motifs is 2. The lowest BCUT2D eigenvalue weighted by molar-refractivity contribution is -0.147. The highest BCUT2D eigenvalue weighted by molar-refractivity contribution is 8.02. The van der Waals surface area contributed by atoms with Gasteiger partial charge in [-0.1, -0.05) is 43.3 Å². The van der Waals surface area contributed by atoms with Crippen LogP contribution in [0.15, 0.2) is 73.8 Å². The summed E-state index contributed by atoms with van der Waals surface area (Å²) in [5.41, 5.74) is 2.18. The van der Waals surface area contributed by atoms with Gasteiger partial charge in [0.25, 0.3) is 0 Å². The number of nitrogens with zero attached hydrogens (tertiary/aromatic N) is 6. The van der Waals surface area contributed by atoms with Crippen molar-refractivity contribution in [1.82, 2.24) is 24.8 Å². The molecule has 3 aliphatic heterocycles. The fraction of sp³-hybridized carbons (Fsp3) is 0.500. The molecule has 2 unspecified atom stereocenters. The molecule has 6 atom stereocenters. The Morgan fingerprint density at radius 2 is 1.82 bits per heavy atom. The van der Waals surface area contributed by atoms with Gasteiger partial charge in [0, 0.05) is 23.5 Å². The number of thioether (sulfide) groups is 1. The molecule has 4 heterocycles. The first kappa shape index (κ1) is 35.7. The minimum absolute atomic E-state index is 0.105. The van der Waals surface area contributed by atoms with Crippen LogP contribution in [0.4, 0.5) is 5.69 Å². The van der Waals surface area contributed by atoms with E-state index in [1.54, 1.807) is 43.3 Å². The van der Waals surface area contributed by atoms with Crippen LogP contribution in [0.2, 0.25) is 0 Å². The van der Waals surface area contributed by atoms with Crippen molar-refractivity contribution in [3.8, 4) is 5.75 Å². The third kappa shape index (κ3) is 6.00. The maximum absolute atomic E-state index is 15.1. The molecule has 2 bridgehead atoms. The Kier molecular flexibility index (Phi) is 10.1. The average Bonchev–Trinajstić information content (AvgIpc) is 3.81. The molecule has 0 saturated carbocycles. The largest absolute Gasteiger partial charge is 0.494 e. The number of aliphatic hydroxyl groups excluding tert-OH is 1. The van der Waals surface area contributed by atoms with Gasteiger partial charge in [-0.15, -0.1) is 30.0 Å². The molecule has 0 radical (unpaired) electrons. The van der Waals surface area contributed by atoms with Crippen molar-refractivity contribution in [2.75, 3.05) is 31.2 Å². The van der Waals surface area contributed by atoms with E-state index in [2.05, 4.69) is 30.4 Å². The van der Waals surface area contributed by atoms with Gasteiger partial charge in [0.1, 0.15) is 24.0 Å². The van der Waals surface area contributed by atoms with Crippen molar-refractivity contribution in [2.24, 2.45) is 17.8 Å². The summed E-state index contributed by atoms with van der Waals surface area (Å²) in [5.74, 6) is -1.24. The third-order valence-electron chi connectivity index (χ3n) is 10.5. The highest BCUT2D eigenvalue weighted by Gasteiger charge is 2.78. The van der Waals surface area contributed by atoms with E-state index in [0.29, 0.717) is 42.8 Å². The number of ether oxygens (including phenoxy) is 1. The third-order valence-corrected chi connectivity index (χ3v) is 12.5. The van der Waals surface area contributed by atoms with E-state index in [0.717, 1.165) is 5.52 Å². The number of amides is 3. The van der Waals surface area contributed by atoms with E-state index >= 15 is 9.59 Å². The minimum Gasteiger partial charge on any atom is -0.494 e. The SMILES string of the molecule is C=CCN(Cn1nnc2ccccc21)C(=O)C1N([C@@H](CO)CC(C)C)C(=O)[C@@H]2[C@@H](C(=O)N(CC=C)c3ccc(OCC)cc3)[C@@]3(C)CCC12S3. The topological polar surface area (TPSA) is 121 Å². The molecular formula is C38H48N6O5S. The molecule has 6 rings (SSSR count). The molecular weight excluding hydrogens is 653 g/mol. The molecule has 3 aliphatic rings. The van der Waals surface area contributed by atoms with Crippen molar-refractivity contribution in [3.63, 3.8) is 0 Å². The summed E-state index contributed by atoms with van der Waals surface area (Å²) >= 11 is 1.62. The number of likely N-dealkylation sites (tertiary alicyclic amines) is 1. The van der Waals surface area contributed by atoms with Crippen molar-refractivity contribution in [3.05, 3.63) is 73.8 Å². The molecule has 266 valence electrons. The molecule has 3 fully saturated rings. The lowest BCUT2D eigenvalue weighted by Gasteiger charge is -2.40. The minimum atomic E-state index is -0.895.